The molecular formula is C23H19F4N5O3. The first kappa shape index (κ1) is 25.3. The Morgan fingerprint density at radius 1 is 1.06 bits per heavy atom. The van der Waals surface area contributed by atoms with E-state index >= 15 is 0 Å². The van der Waals surface area contributed by atoms with Gasteiger partial charge >= 0.3 is 12.1 Å². The number of hydrogen-bond acceptors (Lipinski definition) is 5. The molecule has 0 radical (unpaired) electrons. The van der Waals surface area contributed by atoms with E-state index in [0.29, 0.717) is 23.6 Å². The second-order valence-electron chi connectivity index (χ2n) is 7.14. The number of nitrogens with zero attached hydrogens (tertiary/aromatic N) is 4. The summed E-state index contributed by atoms with van der Waals surface area (Å²) in [6.45, 7) is 1.95. The van der Waals surface area contributed by atoms with Crippen molar-refractivity contribution in [2.75, 3.05) is 5.32 Å². The van der Waals surface area contributed by atoms with E-state index in [9.17, 15) is 22.4 Å². The summed E-state index contributed by atoms with van der Waals surface area (Å²) in [5.41, 5.74) is 3.67. The number of carbonyl (C=O) groups is 2. The molecule has 0 aliphatic carbocycles. The van der Waals surface area contributed by atoms with Gasteiger partial charge in [-0.3, -0.25) is 4.79 Å². The Morgan fingerprint density at radius 2 is 1.74 bits per heavy atom. The van der Waals surface area contributed by atoms with E-state index in [4.69, 9.17) is 9.90 Å². The predicted octanol–water partition coefficient (Wildman–Crippen LogP) is 4.97. The fourth-order valence-electron chi connectivity index (χ4n) is 3.04. The van der Waals surface area contributed by atoms with Crippen LogP contribution in [0.5, 0.6) is 0 Å². The summed E-state index contributed by atoms with van der Waals surface area (Å²) < 4.78 is 46.8. The Hall–Kier alpha value is -4.35. The molecule has 0 spiro atoms. The Morgan fingerprint density at radius 3 is 2.37 bits per heavy atom. The van der Waals surface area contributed by atoms with Crippen molar-refractivity contribution < 1.29 is 32.3 Å². The van der Waals surface area contributed by atoms with Crippen LogP contribution in [0.4, 0.5) is 23.4 Å². The van der Waals surface area contributed by atoms with Crippen LogP contribution in [0, 0.1) is 5.82 Å². The van der Waals surface area contributed by atoms with E-state index in [-0.39, 0.29) is 11.7 Å². The highest BCUT2D eigenvalue weighted by Crippen LogP contribution is 2.33. The average Bonchev–Trinajstić information content (AvgIpc) is 3.19. The molecule has 35 heavy (non-hydrogen) atoms. The quantitative estimate of drug-likeness (QED) is 0.383. The van der Waals surface area contributed by atoms with Crippen molar-refractivity contribution in [3.05, 3.63) is 66.7 Å². The zero-order valence-electron chi connectivity index (χ0n) is 18.3. The molecule has 3 heterocycles. The van der Waals surface area contributed by atoms with Crippen LogP contribution in [-0.2, 0) is 9.59 Å². The van der Waals surface area contributed by atoms with Crippen LogP contribution in [0.1, 0.15) is 19.8 Å². The smallest absolute Gasteiger partial charge is 0.475 e. The zero-order valence-corrected chi connectivity index (χ0v) is 18.3. The number of carboxylic acid groups (broad SMARTS) is 1. The number of alkyl halides is 3. The summed E-state index contributed by atoms with van der Waals surface area (Å²) in [4.78, 5) is 29.7. The minimum Gasteiger partial charge on any atom is -0.475 e. The molecule has 0 aliphatic heterocycles. The molecule has 0 aliphatic rings. The summed E-state index contributed by atoms with van der Waals surface area (Å²) in [7, 11) is 0. The largest absolute Gasteiger partial charge is 0.490 e. The molecular weight excluding hydrogens is 470 g/mol. The van der Waals surface area contributed by atoms with Crippen molar-refractivity contribution in [1.29, 1.82) is 0 Å². The third-order valence-corrected chi connectivity index (χ3v) is 4.53. The zero-order chi connectivity index (χ0) is 25.6. The van der Waals surface area contributed by atoms with Gasteiger partial charge in [0.15, 0.2) is 5.65 Å². The van der Waals surface area contributed by atoms with Crippen molar-refractivity contribution in [3.63, 3.8) is 0 Å². The van der Waals surface area contributed by atoms with Gasteiger partial charge in [0.2, 0.25) is 5.91 Å². The van der Waals surface area contributed by atoms with E-state index < -0.39 is 12.1 Å². The molecule has 0 bridgehead atoms. The predicted molar refractivity (Wildman–Crippen MR) is 119 cm³/mol. The third kappa shape index (κ3) is 6.37. The van der Waals surface area contributed by atoms with Gasteiger partial charge in [-0.1, -0.05) is 6.92 Å². The fourth-order valence-corrected chi connectivity index (χ4v) is 3.04. The van der Waals surface area contributed by atoms with Crippen LogP contribution < -0.4 is 5.32 Å². The van der Waals surface area contributed by atoms with Crippen LogP contribution in [0.3, 0.4) is 0 Å². The van der Waals surface area contributed by atoms with Gasteiger partial charge in [0, 0.05) is 29.9 Å². The summed E-state index contributed by atoms with van der Waals surface area (Å²) in [5, 5.41) is 14.3. The molecule has 1 aromatic carbocycles. The number of aromatic nitrogens is 4. The molecule has 8 nitrogen and oxygen atoms in total. The highest BCUT2D eigenvalue weighted by atomic mass is 19.4. The molecule has 3 aromatic heterocycles. The number of amides is 1. The lowest BCUT2D eigenvalue weighted by Gasteiger charge is -2.08. The molecule has 12 heteroatoms. The van der Waals surface area contributed by atoms with Crippen LogP contribution >= 0.6 is 0 Å². The molecule has 0 fully saturated rings. The normalized spacial score (nSPS) is 11.0. The maximum Gasteiger partial charge on any atom is 0.490 e. The van der Waals surface area contributed by atoms with Gasteiger partial charge in [-0.2, -0.15) is 18.3 Å². The van der Waals surface area contributed by atoms with E-state index in [0.717, 1.165) is 23.2 Å². The van der Waals surface area contributed by atoms with Gasteiger partial charge in [0.05, 0.1) is 5.69 Å². The third-order valence-electron chi connectivity index (χ3n) is 4.53. The number of carboxylic acids is 1. The second kappa shape index (κ2) is 10.7. The number of fused-ring (bicyclic) bond motifs is 1. The number of carbonyl (C=O) groups excluding carboxylic acids is 1. The molecule has 2 N–H and O–H groups in total. The van der Waals surface area contributed by atoms with Gasteiger partial charge in [0.1, 0.15) is 17.3 Å². The maximum atomic E-state index is 13.4. The summed E-state index contributed by atoms with van der Waals surface area (Å²) >= 11 is 0. The van der Waals surface area contributed by atoms with E-state index in [1.165, 1.54) is 12.1 Å². The van der Waals surface area contributed by atoms with E-state index in [1.54, 1.807) is 35.1 Å². The summed E-state index contributed by atoms with van der Waals surface area (Å²) in [6.07, 6.45) is -0.577. The Kier molecular flexibility index (Phi) is 7.74. The standard InChI is InChI=1S/C21H18FN5O.C2HF3O2/c1-2-4-19(28)25-17-13-15(10-12-23-17)21-20(14-6-8-16(22)9-7-14)26-18-5-3-11-24-27(18)21;3-2(4,5)1(6)7/h3,5-13H,2,4H2,1H3,(H,23,25,28);(H,6,7). The minimum absolute atomic E-state index is 0.0813. The number of nitrogens with one attached hydrogen (secondary N) is 1. The van der Waals surface area contributed by atoms with Crippen molar-refractivity contribution in [3.8, 4) is 22.5 Å². The molecule has 0 saturated carbocycles. The van der Waals surface area contributed by atoms with Crippen LogP contribution in [0.15, 0.2) is 60.9 Å². The Balaban J connectivity index is 0.000000429. The molecule has 4 rings (SSSR count). The number of benzene rings is 1. The van der Waals surface area contributed by atoms with Gasteiger partial charge < -0.3 is 10.4 Å². The van der Waals surface area contributed by atoms with E-state index in [2.05, 4.69) is 20.4 Å². The number of hydrogen-bond donors (Lipinski definition) is 2. The van der Waals surface area contributed by atoms with Crippen molar-refractivity contribution in [2.45, 2.75) is 25.9 Å². The maximum absolute atomic E-state index is 13.4. The lowest BCUT2D eigenvalue weighted by Crippen LogP contribution is -2.21. The van der Waals surface area contributed by atoms with Gasteiger partial charge in [0.25, 0.3) is 0 Å². The van der Waals surface area contributed by atoms with Crippen LogP contribution in [-0.4, -0.2) is 42.7 Å². The van der Waals surface area contributed by atoms with Crippen molar-refractivity contribution >= 4 is 23.3 Å². The summed E-state index contributed by atoms with van der Waals surface area (Å²) in [6, 6.07) is 13.5. The first-order chi connectivity index (χ1) is 16.6. The highest BCUT2D eigenvalue weighted by Gasteiger charge is 2.38. The topological polar surface area (TPSA) is 109 Å². The van der Waals surface area contributed by atoms with E-state index in [1.807, 2.05) is 25.1 Å². The lowest BCUT2D eigenvalue weighted by molar-refractivity contribution is -0.192. The first-order valence-corrected chi connectivity index (χ1v) is 10.3. The van der Waals surface area contributed by atoms with Crippen LogP contribution in [0.25, 0.3) is 28.2 Å². The number of rotatable bonds is 5. The fraction of sp³-hybridized carbons (Fsp3) is 0.174. The van der Waals surface area contributed by atoms with Crippen molar-refractivity contribution in [2.24, 2.45) is 0 Å². The van der Waals surface area contributed by atoms with Crippen LogP contribution in [0.2, 0.25) is 0 Å². The average molecular weight is 489 g/mol. The molecule has 0 saturated heterocycles. The molecule has 0 unspecified atom stereocenters. The Bertz CT molecular complexity index is 1340. The van der Waals surface area contributed by atoms with Gasteiger partial charge in [-0.05, 0) is 55.0 Å². The van der Waals surface area contributed by atoms with Gasteiger partial charge in [-0.25, -0.2) is 23.7 Å². The Labute approximate surface area is 196 Å². The summed E-state index contributed by atoms with van der Waals surface area (Å²) in [5.74, 6) is -2.68. The second-order valence-corrected chi connectivity index (χ2v) is 7.14. The van der Waals surface area contributed by atoms with Gasteiger partial charge in [-0.15, -0.1) is 0 Å². The highest BCUT2D eigenvalue weighted by molar-refractivity contribution is 5.91. The SMILES string of the molecule is CCCC(=O)Nc1cc(-c2c(-c3ccc(F)cc3)nc3cccnn23)ccn1.O=C(O)C(F)(F)F. The molecule has 1 amide bonds. The number of pyridine rings is 1. The number of halogens is 4. The van der Waals surface area contributed by atoms with Crippen molar-refractivity contribution in [1.82, 2.24) is 19.6 Å². The number of imidazole rings is 1. The minimum atomic E-state index is -5.08. The number of aliphatic carboxylic acids is 1. The molecule has 0 atom stereocenters. The monoisotopic (exact) mass is 489 g/mol. The molecule has 4 aromatic rings. The molecule has 182 valence electrons. The number of anilines is 1. The first-order valence-electron chi connectivity index (χ1n) is 10.3. The lowest BCUT2D eigenvalue weighted by atomic mass is 10.1.